The Balaban J connectivity index is 2.48. The second-order valence-electron chi connectivity index (χ2n) is 3.56. The lowest BCUT2D eigenvalue weighted by atomic mass is 9.92. The molecule has 0 aliphatic carbocycles. The van der Waals surface area contributed by atoms with Crippen LogP contribution in [0.2, 0.25) is 0 Å². The molecule has 0 aromatic carbocycles. The Morgan fingerprint density at radius 3 is 2.86 bits per heavy atom. The number of amides is 1. The summed E-state index contributed by atoms with van der Waals surface area (Å²) in [5.41, 5.74) is -0.444. The van der Waals surface area contributed by atoms with E-state index in [1.54, 1.807) is 7.05 Å². The molecule has 2 N–H and O–H groups in total. The average Bonchev–Trinajstić information content (AvgIpc) is 2.66. The molecule has 0 atom stereocenters. The van der Waals surface area contributed by atoms with Gasteiger partial charge in [-0.3, -0.25) is 4.79 Å². The van der Waals surface area contributed by atoms with Crippen LogP contribution in [-0.4, -0.2) is 28.9 Å². The molecule has 1 amide bonds. The zero-order valence-electron chi connectivity index (χ0n) is 8.50. The SMILES string of the molecule is CNC(=O)C(C)(C)CNc1ncns1. The van der Waals surface area contributed by atoms with Crippen molar-refractivity contribution in [3.8, 4) is 0 Å². The number of anilines is 1. The average molecular weight is 214 g/mol. The van der Waals surface area contributed by atoms with E-state index in [9.17, 15) is 4.79 Å². The van der Waals surface area contributed by atoms with Gasteiger partial charge in [0, 0.05) is 25.1 Å². The molecule has 6 heteroatoms. The minimum atomic E-state index is -0.444. The van der Waals surface area contributed by atoms with Gasteiger partial charge in [-0.05, 0) is 13.8 Å². The van der Waals surface area contributed by atoms with Crippen LogP contribution in [0.25, 0.3) is 0 Å². The molecule has 14 heavy (non-hydrogen) atoms. The van der Waals surface area contributed by atoms with Crippen LogP contribution in [0.15, 0.2) is 6.33 Å². The van der Waals surface area contributed by atoms with E-state index in [2.05, 4.69) is 20.0 Å². The van der Waals surface area contributed by atoms with Gasteiger partial charge in [-0.2, -0.15) is 4.37 Å². The van der Waals surface area contributed by atoms with Gasteiger partial charge in [0.25, 0.3) is 0 Å². The summed E-state index contributed by atoms with van der Waals surface area (Å²) in [4.78, 5) is 15.4. The molecule has 1 heterocycles. The Hall–Kier alpha value is -1.17. The van der Waals surface area contributed by atoms with Crippen molar-refractivity contribution >= 4 is 22.6 Å². The van der Waals surface area contributed by atoms with Crippen LogP contribution >= 0.6 is 11.5 Å². The van der Waals surface area contributed by atoms with Crippen molar-refractivity contribution in [1.82, 2.24) is 14.7 Å². The van der Waals surface area contributed by atoms with Crippen molar-refractivity contribution in [2.45, 2.75) is 13.8 Å². The monoisotopic (exact) mass is 214 g/mol. The van der Waals surface area contributed by atoms with Crippen LogP contribution in [0, 0.1) is 5.41 Å². The van der Waals surface area contributed by atoms with Crippen molar-refractivity contribution in [2.75, 3.05) is 18.9 Å². The van der Waals surface area contributed by atoms with Gasteiger partial charge in [-0.15, -0.1) is 0 Å². The van der Waals surface area contributed by atoms with E-state index in [1.165, 1.54) is 17.9 Å². The van der Waals surface area contributed by atoms with Crippen LogP contribution in [0.3, 0.4) is 0 Å². The molecule has 0 aliphatic heterocycles. The van der Waals surface area contributed by atoms with Crippen LogP contribution in [0.1, 0.15) is 13.8 Å². The number of aromatic nitrogens is 2. The molecule has 0 bridgehead atoms. The maximum Gasteiger partial charge on any atom is 0.227 e. The fraction of sp³-hybridized carbons (Fsp3) is 0.625. The molecular weight excluding hydrogens is 200 g/mol. The third-order valence-corrected chi connectivity index (χ3v) is 2.51. The van der Waals surface area contributed by atoms with Gasteiger partial charge in [0.2, 0.25) is 11.0 Å². The maximum absolute atomic E-state index is 11.4. The fourth-order valence-corrected chi connectivity index (χ4v) is 1.39. The summed E-state index contributed by atoms with van der Waals surface area (Å²) in [5.74, 6) is 0.00881. The largest absolute Gasteiger partial charge is 0.359 e. The molecule has 1 aromatic rings. The quantitative estimate of drug-likeness (QED) is 0.775. The van der Waals surface area contributed by atoms with Gasteiger partial charge in [0.1, 0.15) is 6.33 Å². The highest BCUT2D eigenvalue weighted by molar-refractivity contribution is 7.09. The normalized spacial score (nSPS) is 11.1. The van der Waals surface area contributed by atoms with E-state index >= 15 is 0 Å². The lowest BCUT2D eigenvalue weighted by Gasteiger charge is -2.22. The predicted molar refractivity (Wildman–Crippen MR) is 56.2 cm³/mol. The minimum Gasteiger partial charge on any atom is -0.359 e. The number of hydrogen-bond acceptors (Lipinski definition) is 5. The van der Waals surface area contributed by atoms with Gasteiger partial charge in [0.05, 0.1) is 5.41 Å². The molecular formula is C8H14N4OS. The molecule has 0 fully saturated rings. The number of nitrogens with zero attached hydrogens (tertiary/aromatic N) is 2. The van der Waals surface area contributed by atoms with E-state index in [4.69, 9.17) is 0 Å². The summed E-state index contributed by atoms with van der Waals surface area (Å²) in [6, 6.07) is 0. The third kappa shape index (κ3) is 2.66. The van der Waals surface area contributed by atoms with Crippen LogP contribution in [-0.2, 0) is 4.79 Å². The smallest absolute Gasteiger partial charge is 0.227 e. The van der Waals surface area contributed by atoms with Gasteiger partial charge in [-0.25, -0.2) is 4.98 Å². The number of nitrogens with one attached hydrogen (secondary N) is 2. The Kier molecular flexibility index (Phi) is 3.40. The highest BCUT2D eigenvalue weighted by Gasteiger charge is 2.26. The van der Waals surface area contributed by atoms with Gasteiger partial charge >= 0.3 is 0 Å². The zero-order valence-corrected chi connectivity index (χ0v) is 9.31. The predicted octanol–water partition coefficient (Wildman–Crippen LogP) is 0.722. The number of hydrogen-bond donors (Lipinski definition) is 2. The van der Waals surface area contributed by atoms with Gasteiger partial charge in [0.15, 0.2) is 0 Å². The Morgan fingerprint density at radius 1 is 1.64 bits per heavy atom. The van der Waals surface area contributed by atoms with Crippen molar-refractivity contribution in [2.24, 2.45) is 5.41 Å². The summed E-state index contributed by atoms with van der Waals surface area (Å²) in [7, 11) is 1.63. The third-order valence-electron chi connectivity index (χ3n) is 1.88. The Labute approximate surface area is 87.1 Å². The number of carbonyl (C=O) groups is 1. The minimum absolute atomic E-state index is 0.00881. The lowest BCUT2D eigenvalue weighted by Crippen LogP contribution is -2.39. The van der Waals surface area contributed by atoms with Crippen LogP contribution in [0.4, 0.5) is 5.13 Å². The van der Waals surface area contributed by atoms with Gasteiger partial charge < -0.3 is 10.6 Å². The summed E-state index contributed by atoms with van der Waals surface area (Å²) >= 11 is 1.28. The van der Waals surface area contributed by atoms with Crippen molar-refractivity contribution in [1.29, 1.82) is 0 Å². The second-order valence-corrected chi connectivity index (χ2v) is 4.34. The van der Waals surface area contributed by atoms with Gasteiger partial charge in [-0.1, -0.05) is 0 Å². The van der Waals surface area contributed by atoms with Crippen molar-refractivity contribution < 1.29 is 4.79 Å². The van der Waals surface area contributed by atoms with Crippen molar-refractivity contribution in [3.63, 3.8) is 0 Å². The molecule has 0 saturated carbocycles. The summed E-state index contributed by atoms with van der Waals surface area (Å²) in [5, 5.41) is 6.43. The molecule has 0 aliphatic rings. The highest BCUT2D eigenvalue weighted by atomic mass is 32.1. The lowest BCUT2D eigenvalue weighted by molar-refractivity contribution is -0.128. The molecule has 0 unspecified atom stereocenters. The van der Waals surface area contributed by atoms with E-state index < -0.39 is 5.41 Å². The first-order valence-corrected chi connectivity index (χ1v) is 5.06. The molecule has 1 aromatic heterocycles. The molecule has 0 radical (unpaired) electrons. The summed E-state index contributed by atoms with van der Waals surface area (Å²) < 4.78 is 3.86. The highest BCUT2D eigenvalue weighted by Crippen LogP contribution is 2.17. The first-order valence-electron chi connectivity index (χ1n) is 4.29. The fourth-order valence-electron chi connectivity index (χ4n) is 0.966. The van der Waals surface area contributed by atoms with E-state index in [1.807, 2.05) is 13.8 Å². The Bertz CT molecular complexity index is 296. The molecule has 5 nitrogen and oxygen atoms in total. The first-order chi connectivity index (χ1) is 6.56. The van der Waals surface area contributed by atoms with Crippen molar-refractivity contribution in [3.05, 3.63) is 6.33 Å². The van der Waals surface area contributed by atoms with Crippen LogP contribution < -0.4 is 10.6 Å². The van der Waals surface area contributed by atoms with E-state index in [0.717, 1.165) is 5.13 Å². The Morgan fingerprint density at radius 2 is 2.36 bits per heavy atom. The standard InChI is InChI=1S/C8H14N4OS/c1-8(2,6(13)9-3)4-10-7-11-5-12-14-7/h5H,4H2,1-3H3,(H,9,13)(H,10,11,12). The summed E-state index contributed by atoms with van der Waals surface area (Å²) in [6.07, 6.45) is 1.49. The molecule has 0 spiro atoms. The molecule has 0 saturated heterocycles. The summed E-state index contributed by atoms with van der Waals surface area (Å²) in [6.45, 7) is 4.29. The van der Waals surface area contributed by atoms with Crippen LogP contribution in [0.5, 0.6) is 0 Å². The maximum atomic E-state index is 11.4. The molecule has 78 valence electrons. The molecule has 1 rings (SSSR count). The number of carbonyl (C=O) groups excluding carboxylic acids is 1. The topological polar surface area (TPSA) is 66.9 Å². The van der Waals surface area contributed by atoms with E-state index in [0.29, 0.717) is 6.54 Å². The number of rotatable bonds is 4. The second kappa shape index (κ2) is 4.36. The first kappa shape index (κ1) is 10.9. The van der Waals surface area contributed by atoms with E-state index in [-0.39, 0.29) is 5.91 Å². The zero-order chi connectivity index (χ0) is 10.6.